The zero-order valence-corrected chi connectivity index (χ0v) is 90.4. The first kappa shape index (κ1) is 115. The number of unbranched alkanes of at least 4 members (excludes halogenated alkanes) is 2. The first-order chi connectivity index (χ1) is 68.1. The van der Waals surface area contributed by atoms with Crippen molar-refractivity contribution in [3.8, 4) is 0 Å². The Morgan fingerprint density at radius 1 is 0.411 bits per heavy atom. The summed E-state index contributed by atoms with van der Waals surface area (Å²) in [6.45, 7) is 8.95. The molecule has 141 heavy (non-hydrogen) atoms. The van der Waals surface area contributed by atoms with E-state index in [0.717, 1.165) is 13.3 Å². The molecule has 9 N–H and O–H groups in total. The molecule has 8 amide bonds. The molecule has 3 unspecified atom stereocenters. The van der Waals surface area contributed by atoms with E-state index in [2.05, 4.69) is 42.5 Å². The molecule has 4 aromatic rings. The van der Waals surface area contributed by atoms with E-state index in [1.54, 1.807) is 114 Å². The molecule has 4 saturated heterocycles. The Balaban J connectivity index is 0.000000670. The minimum atomic E-state index is -5.26. The fourth-order valence-electron chi connectivity index (χ4n) is 15.6. The molecular formula is C96H135N8Na3O31S3. The molecule has 4 fully saturated rings. The van der Waals surface area contributed by atoms with Gasteiger partial charge in [0.1, 0.15) is 68.3 Å². The molecule has 45 heteroatoms. The van der Waals surface area contributed by atoms with Crippen LogP contribution in [-0.4, -0.2) is 200 Å². The number of carbonyl (C=O) groups excluding carboxylic acids is 15. The fourth-order valence-corrected chi connectivity index (χ4v) is 18.1. The van der Waals surface area contributed by atoms with Crippen LogP contribution in [0.4, 0.5) is 19.2 Å². The second-order valence-corrected chi connectivity index (χ2v) is 40.2. The average molecular weight is 2070 g/mol. The van der Waals surface area contributed by atoms with E-state index in [4.69, 9.17) is 39.4 Å². The predicted molar refractivity (Wildman–Crippen MR) is 498 cm³/mol. The normalized spacial score (nSPS) is 19.0. The molecule has 4 aliphatic rings. The molecule has 4 heterocycles. The van der Waals surface area contributed by atoms with Crippen molar-refractivity contribution in [2.75, 3.05) is 26.2 Å². The predicted octanol–water partition coefficient (Wildman–Crippen LogP) is 0.220. The Morgan fingerprint density at radius 3 is 0.915 bits per heavy atom. The number of nitrogens with one attached hydrogen (secondary N) is 8. The van der Waals surface area contributed by atoms with Crippen molar-refractivity contribution >= 4 is 120 Å². The maximum absolute atomic E-state index is 13.5. The number of carbonyl (C=O) groups is 15. The minimum absolute atomic E-state index is 0. The monoisotopic (exact) mass is 2070 g/mol. The van der Waals surface area contributed by atoms with E-state index in [-0.39, 0.29) is 228 Å². The van der Waals surface area contributed by atoms with Crippen molar-refractivity contribution in [2.45, 2.75) is 264 Å². The number of hydrogen-bond acceptors (Lipinski definition) is 31. The summed E-state index contributed by atoms with van der Waals surface area (Å²) in [7, 11) is -15.7. The zero-order chi connectivity index (χ0) is 110. The summed E-state index contributed by atoms with van der Waals surface area (Å²) in [5.74, 6) is -12.9. The summed E-state index contributed by atoms with van der Waals surface area (Å²) in [5.41, 5.74) is -6.42. The zero-order valence-electron chi connectivity index (χ0n) is 90.0. The molecule has 4 aliphatic heterocycles. The van der Waals surface area contributed by atoms with Crippen molar-refractivity contribution in [3.05, 3.63) is 144 Å². The maximum Gasteiger partial charge on any atom is 1.00 e. The fraction of sp³-hybridized carbons (Fsp3) is 0.594. The minimum Gasteiger partial charge on any atom is -0.746 e. The van der Waals surface area contributed by atoms with Crippen molar-refractivity contribution < 1.29 is 244 Å². The molecule has 0 bridgehead atoms. The van der Waals surface area contributed by atoms with Crippen LogP contribution in [0.1, 0.15) is 231 Å². The van der Waals surface area contributed by atoms with Crippen LogP contribution in [-0.2, 0) is 138 Å². The van der Waals surface area contributed by atoms with Crippen LogP contribution in [0.5, 0.6) is 0 Å². The Kier molecular flexibility index (Phi) is 54.3. The second kappa shape index (κ2) is 66.8. The molecule has 0 aliphatic carbocycles. The van der Waals surface area contributed by atoms with Gasteiger partial charge in [0, 0.05) is 113 Å². The average Bonchev–Trinajstić information content (AvgIpc) is 1.80. The van der Waals surface area contributed by atoms with Gasteiger partial charge in [0.25, 0.3) is 0 Å². The number of amides is 8. The van der Waals surface area contributed by atoms with Crippen LogP contribution in [0.3, 0.4) is 0 Å². The molecule has 0 radical (unpaired) electrons. The van der Waals surface area contributed by atoms with E-state index in [9.17, 15) is 116 Å². The van der Waals surface area contributed by atoms with Crippen LogP contribution in [0, 0.1) is 71.0 Å². The largest absolute Gasteiger partial charge is 1.00 e. The quantitative estimate of drug-likeness (QED) is 0.00713. The van der Waals surface area contributed by atoms with Crippen molar-refractivity contribution in [3.63, 3.8) is 0 Å². The topological polar surface area (TPSA) is 600 Å². The SMILES string of the molecule is [2H]C([2H])(OC(=O)N[C@@H](CC(C)C)C(=O)C[C@@H](C[C@@H]1CCNC1=O)C(O)S(=O)(=O)[O-])c1ccccc1.[2H]C([2H])(OC(=O)N[C@@H](CC(C)C)C(=O)C[C@@H](C[C@@H]1CCNC1=O)C(OC(=O)CCCCC)S(=O)(=O)[O-])c1ccccc1.[2H]C([2H])(OC(=O)N[C@@H](CC(C)C)C(=O)C[C@@H](C[C@@H]1CCNC1=O)C(OC(C)=O)S(=O)(=O)[O-])c1ccccc1.[2H]C([2H])(OC(=O)N[C@@H](CC(C)C)C(=O)C[C@H](C=O)C[C@@H]1CCNC1=O)c1ccccc1.[Na+].[Na+].[Na+]. The van der Waals surface area contributed by atoms with Gasteiger partial charge in [0.15, 0.2) is 34.0 Å². The third kappa shape index (κ3) is 50.9. The van der Waals surface area contributed by atoms with Crippen LogP contribution < -0.4 is 131 Å². The Morgan fingerprint density at radius 2 is 0.674 bits per heavy atom. The van der Waals surface area contributed by atoms with Gasteiger partial charge in [-0.1, -0.05) is 196 Å². The summed E-state index contributed by atoms with van der Waals surface area (Å²) >= 11 is 0. The van der Waals surface area contributed by atoms with E-state index < -0.39 is 211 Å². The van der Waals surface area contributed by atoms with E-state index >= 15 is 0 Å². The first-order valence-electron chi connectivity index (χ1n) is 49.8. The van der Waals surface area contributed by atoms with Gasteiger partial charge in [0.05, 0.1) is 35.1 Å². The number of aldehydes is 1. The summed E-state index contributed by atoms with van der Waals surface area (Å²) < 4.78 is 201. The van der Waals surface area contributed by atoms with E-state index in [0.29, 0.717) is 77.4 Å². The van der Waals surface area contributed by atoms with Gasteiger partial charge in [-0.25, -0.2) is 44.4 Å². The van der Waals surface area contributed by atoms with Crippen LogP contribution in [0.15, 0.2) is 121 Å². The molecule has 0 spiro atoms. The van der Waals surface area contributed by atoms with E-state index in [1.807, 2.05) is 20.8 Å². The van der Waals surface area contributed by atoms with Gasteiger partial charge in [-0.3, -0.25) is 47.9 Å². The number of ether oxygens (including phenoxy) is 6. The van der Waals surface area contributed by atoms with Crippen LogP contribution in [0.25, 0.3) is 0 Å². The standard InChI is InChI=1S/C28H42N2O9S.C24H34N2O9S.C22H32N2O8S.C22H30N2O5.3Na/c1-4-5-7-12-25(32)39-27(40(35,36)37)22(16-21-13-14-29-26(21)33)17-24(31)23(15-19(2)3)30-28(34)38-18-20-10-8-6-9-11-20;1-15(2)11-20(26-24(30)34-14-17-7-5-4-6-8-17)21(28)13-19(12-18-9-10-25-22(18)29)23(35-16(3)27)36(31,32)33;1-14(2)10-18(24-22(28)32-13-15-6-4-3-5-7-15)19(25)12-17(21(27)33(29,30)31)11-16-8-9-23-20(16)26;1-15(2)10-19(24-22(28)29-14-16-6-4-3-5-7-16)20(26)12-17(13-25)11-18-8-9-23-21(18)27;;;/h6,8-11,19,21-23,27H,4-5,7,12-18H2,1-3H3,(H,29,33)(H,30,34)(H,35,36,37);4-8,15,18-20,23H,9-14H2,1-3H3,(H,25,29)(H,26,30)(H,31,32,33);3-7,14,16-18,21,27H,8-13H2,1-2H3,(H,23,26)(H,24,28)(H,29,30,31);3-7,13,15,17-19H,8-12,14H2,1-2H3,(H,23,27)(H,24,28);;;/q;;;;3*+1/p-3/t21-,22+,23-,27?;18-,19+,20-,23?;16-,17+,18-,21?;17-,18+,19+;;;/m0001.../s1/i18D2;14D2;13D2;14D2;;;. The third-order valence-corrected chi connectivity index (χ3v) is 25.4. The third-order valence-electron chi connectivity index (χ3n) is 22.3. The van der Waals surface area contributed by atoms with Gasteiger partial charge in [-0.15, -0.1) is 0 Å². The number of ketones is 4. The second-order valence-electron chi connectivity index (χ2n) is 35.8. The number of rotatable bonds is 53. The van der Waals surface area contributed by atoms with Gasteiger partial charge in [-0.05, 0) is 129 Å². The number of aliphatic hydroxyl groups excluding tert-OH is 1. The number of hydrogen-bond donors (Lipinski definition) is 9. The maximum atomic E-state index is 13.5. The van der Waals surface area contributed by atoms with Gasteiger partial charge in [0.2, 0.25) is 23.6 Å². The molecule has 15 atom stereocenters. The number of aliphatic hydroxyl groups is 1. The molecule has 0 aromatic heterocycles. The molecule has 39 nitrogen and oxygen atoms in total. The van der Waals surface area contributed by atoms with E-state index in [1.165, 1.54) is 48.5 Å². The smallest absolute Gasteiger partial charge is 0.746 e. The van der Waals surface area contributed by atoms with Crippen LogP contribution in [0.2, 0.25) is 0 Å². The summed E-state index contributed by atoms with van der Waals surface area (Å²) in [6.07, 6.45) is -2.17. The molecule has 4 aromatic carbocycles. The summed E-state index contributed by atoms with van der Waals surface area (Å²) in [5, 5.41) is 30.1. The Bertz CT molecular complexity index is 5400. The number of esters is 2. The number of alkyl carbamates (subject to hydrolysis) is 4. The summed E-state index contributed by atoms with van der Waals surface area (Å²) in [4.78, 5) is 187. The number of benzene rings is 4. The Hall–Kier alpha value is -8.18. The number of Topliss-reactive ketones (excluding diaryl/α,β-unsaturated/α-hetero) is 4. The van der Waals surface area contributed by atoms with Crippen molar-refractivity contribution in [2.24, 2.45) is 71.0 Å². The molecule has 766 valence electrons. The van der Waals surface area contributed by atoms with Crippen LogP contribution >= 0.6 is 0 Å². The van der Waals surface area contributed by atoms with Gasteiger partial charge >= 0.3 is 125 Å². The van der Waals surface area contributed by atoms with Gasteiger partial charge in [-0.2, -0.15) is 0 Å². The molecule has 8 rings (SSSR count). The first-order valence-corrected chi connectivity index (χ1v) is 50.2. The Labute approximate surface area is 904 Å². The van der Waals surface area contributed by atoms with Gasteiger partial charge < -0.3 is 94.5 Å². The van der Waals surface area contributed by atoms with Crippen molar-refractivity contribution in [1.82, 2.24) is 42.5 Å². The summed E-state index contributed by atoms with van der Waals surface area (Å²) in [6, 6.07) is 26.4. The molecule has 0 saturated carbocycles. The molecular weight excluding hydrogens is 1930 g/mol. The van der Waals surface area contributed by atoms with Crippen molar-refractivity contribution in [1.29, 1.82) is 0 Å².